The molecule has 5 N–H and O–H groups in total. The summed E-state index contributed by atoms with van der Waals surface area (Å²) in [5.41, 5.74) is 3.85. The average molecular weight is 428 g/mol. The normalized spacial score (nSPS) is 24.0. The first kappa shape index (κ1) is 21.0. The van der Waals surface area contributed by atoms with Crippen LogP contribution in [0.5, 0.6) is 0 Å². The van der Waals surface area contributed by atoms with Gasteiger partial charge in [-0.1, -0.05) is 71.9 Å². The second-order valence-electron chi connectivity index (χ2n) is 7.42. The molecule has 0 unspecified atom stereocenters. The highest BCUT2D eigenvalue weighted by Gasteiger charge is 2.43. The first-order valence-electron chi connectivity index (χ1n) is 9.76. The summed E-state index contributed by atoms with van der Waals surface area (Å²) in [5.74, 6) is 0. The number of hydrogen-bond donors (Lipinski definition) is 5. The summed E-state index contributed by atoms with van der Waals surface area (Å²) in [5, 5.41) is 46.4. The molecule has 0 bridgehead atoms. The van der Waals surface area contributed by atoms with E-state index in [-0.39, 0.29) is 0 Å². The Morgan fingerprint density at radius 3 is 2.43 bits per heavy atom. The predicted molar refractivity (Wildman–Crippen MR) is 117 cm³/mol. The molecular formula is C22H25N3O4S. The highest BCUT2D eigenvalue weighted by Crippen LogP contribution is 2.39. The van der Waals surface area contributed by atoms with Gasteiger partial charge in [0.05, 0.1) is 12.3 Å². The zero-order valence-electron chi connectivity index (χ0n) is 16.5. The van der Waals surface area contributed by atoms with Gasteiger partial charge < -0.3 is 25.3 Å². The minimum atomic E-state index is -1.53. The van der Waals surface area contributed by atoms with Gasteiger partial charge in [0.2, 0.25) is 0 Å². The number of thioether (sulfide) groups is 1. The molecule has 158 valence electrons. The molecule has 2 aromatic rings. The van der Waals surface area contributed by atoms with E-state index in [2.05, 4.69) is 5.32 Å². The number of hydrogen-bond acceptors (Lipinski definition) is 8. The fourth-order valence-electron chi connectivity index (χ4n) is 3.58. The van der Waals surface area contributed by atoms with E-state index in [0.717, 1.165) is 22.4 Å². The van der Waals surface area contributed by atoms with Crippen molar-refractivity contribution >= 4 is 22.6 Å². The van der Waals surface area contributed by atoms with Crippen molar-refractivity contribution in [2.75, 3.05) is 6.61 Å². The predicted octanol–water partition coefficient (Wildman–Crippen LogP) is 1.40. The summed E-state index contributed by atoms with van der Waals surface area (Å²) < 4.78 is 0. The van der Waals surface area contributed by atoms with Gasteiger partial charge in [-0.3, -0.25) is 5.32 Å². The molecule has 4 rings (SSSR count). The van der Waals surface area contributed by atoms with E-state index in [4.69, 9.17) is 4.99 Å². The minimum Gasteiger partial charge on any atom is -0.394 e. The Bertz CT molecular complexity index is 935. The van der Waals surface area contributed by atoms with Gasteiger partial charge in [0.15, 0.2) is 5.17 Å². The van der Waals surface area contributed by atoms with Crippen LogP contribution in [0.25, 0.3) is 5.70 Å². The van der Waals surface area contributed by atoms with Crippen LogP contribution in [-0.4, -0.2) is 61.6 Å². The Labute approximate surface area is 179 Å². The van der Waals surface area contributed by atoms with Crippen molar-refractivity contribution < 1.29 is 20.4 Å². The zero-order valence-corrected chi connectivity index (χ0v) is 17.3. The van der Waals surface area contributed by atoms with Crippen LogP contribution < -0.4 is 5.32 Å². The Morgan fingerprint density at radius 1 is 1.07 bits per heavy atom. The molecule has 0 aromatic heterocycles. The fourth-order valence-corrected chi connectivity index (χ4v) is 4.54. The Balaban J connectivity index is 1.71. The molecule has 0 saturated carbocycles. The Hall–Kier alpha value is -2.20. The summed E-state index contributed by atoms with van der Waals surface area (Å²) in [4.78, 5) is 6.64. The number of aliphatic hydroxyl groups is 4. The van der Waals surface area contributed by atoms with Crippen molar-refractivity contribution in [1.29, 1.82) is 0 Å². The molecule has 2 aliphatic heterocycles. The maximum absolute atomic E-state index is 10.9. The summed E-state index contributed by atoms with van der Waals surface area (Å²) in [7, 11) is 0. The highest BCUT2D eigenvalue weighted by molar-refractivity contribution is 8.16. The lowest BCUT2D eigenvalue weighted by Crippen LogP contribution is -2.61. The standard InChI is InChI=1S/C22H25N3O4S/c1-13-7-9-14(10-8-13)16-12-30-22-24-20(15-5-3-2-4-6-15)23-21(25(16)22)19(29)18(28)17(27)11-26/h2-10,12,17-21,23,26-29H,11H2,1H3/t17-,18-,19+,20-,21+/m1/s1. The molecule has 2 aliphatic rings. The molecule has 0 radical (unpaired) electrons. The van der Waals surface area contributed by atoms with Crippen LogP contribution in [0.15, 0.2) is 65.0 Å². The van der Waals surface area contributed by atoms with Crippen LogP contribution in [0.1, 0.15) is 22.9 Å². The molecule has 7 nitrogen and oxygen atoms in total. The van der Waals surface area contributed by atoms with E-state index in [0.29, 0.717) is 5.17 Å². The third-order valence-electron chi connectivity index (χ3n) is 5.31. The molecule has 5 atom stereocenters. The monoisotopic (exact) mass is 427 g/mol. The molecule has 0 fully saturated rings. The number of aryl methyl sites for hydroxylation is 1. The number of benzene rings is 2. The number of rotatable bonds is 6. The van der Waals surface area contributed by atoms with Crippen LogP contribution in [0.4, 0.5) is 0 Å². The lowest BCUT2D eigenvalue weighted by Gasteiger charge is -2.42. The molecule has 30 heavy (non-hydrogen) atoms. The first-order chi connectivity index (χ1) is 14.5. The van der Waals surface area contributed by atoms with Crippen LogP contribution in [0.3, 0.4) is 0 Å². The molecule has 0 saturated heterocycles. The summed E-state index contributed by atoms with van der Waals surface area (Å²) in [6, 6.07) is 17.6. The Kier molecular flexibility index (Phi) is 6.24. The van der Waals surface area contributed by atoms with Gasteiger partial charge in [-0.25, -0.2) is 4.99 Å². The quantitative estimate of drug-likeness (QED) is 0.474. The van der Waals surface area contributed by atoms with E-state index in [9.17, 15) is 20.4 Å². The lowest BCUT2D eigenvalue weighted by atomic mass is 10.0. The number of aliphatic imine (C=N–C) groups is 1. The van der Waals surface area contributed by atoms with Crippen molar-refractivity contribution in [1.82, 2.24) is 10.2 Å². The fraction of sp³-hybridized carbons (Fsp3) is 0.318. The van der Waals surface area contributed by atoms with Gasteiger partial charge in [-0.05, 0) is 18.1 Å². The van der Waals surface area contributed by atoms with Crippen molar-refractivity contribution in [3.63, 3.8) is 0 Å². The van der Waals surface area contributed by atoms with Crippen molar-refractivity contribution in [2.45, 2.75) is 37.6 Å². The van der Waals surface area contributed by atoms with Gasteiger partial charge >= 0.3 is 0 Å². The number of fused-ring (bicyclic) bond motifs is 1. The third-order valence-corrected chi connectivity index (χ3v) is 6.16. The largest absolute Gasteiger partial charge is 0.394 e. The van der Waals surface area contributed by atoms with E-state index in [1.807, 2.05) is 71.8 Å². The van der Waals surface area contributed by atoms with Crippen molar-refractivity contribution in [2.24, 2.45) is 4.99 Å². The third kappa shape index (κ3) is 4.02. The van der Waals surface area contributed by atoms with E-state index in [1.165, 1.54) is 11.8 Å². The zero-order chi connectivity index (χ0) is 21.3. The number of nitrogens with one attached hydrogen (secondary N) is 1. The number of aliphatic hydroxyl groups excluding tert-OH is 4. The van der Waals surface area contributed by atoms with Crippen LogP contribution in [-0.2, 0) is 0 Å². The summed E-state index contributed by atoms with van der Waals surface area (Å²) in [6.45, 7) is 1.37. The lowest BCUT2D eigenvalue weighted by molar-refractivity contribution is -0.0988. The van der Waals surface area contributed by atoms with Gasteiger partial charge in [-0.15, -0.1) is 0 Å². The number of nitrogens with zero attached hydrogens (tertiary/aromatic N) is 2. The highest BCUT2D eigenvalue weighted by atomic mass is 32.2. The second kappa shape index (κ2) is 8.89. The van der Waals surface area contributed by atoms with Crippen molar-refractivity contribution in [3.05, 3.63) is 76.7 Å². The van der Waals surface area contributed by atoms with Gasteiger partial charge in [0, 0.05) is 5.41 Å². The molecular weight excluding hydrogens is 402 g/mol. The molecule has 0 spiro atoms. The van der Waals surface area contributed by atoms with Crippen LogP contribution >= 0.6 is 11.8 Å². The molecule has 2 heterocycles. The average Bonchev–Trinajstić information content (AvgIpc) is 3.22. The Morgan fingerprint density at radius 2 is 1.77 bits per heavy atom. The second-order valence-corrected chi connectivity index (χ2v) is 8.26. The maximum atomic E-state index is 10.9. The SMILES string of the molecule is Cc1ccc(C2=CSC3=N[C@H](c4ccccc4)N[C@H]([C@@H](O)[C@H](O)[C@H](O)CO)N23)cc1. The summed E-state index contributed by atoms with van der Waals surface area (Å²) >= 11 is 1.45. The van der Waals surface area contributed by atoms with E-state index >= 15 is 0 Å². The van der Waals surface area contributed by atoms with Crippen molar-refractivity contribution in [3.8, 4) is 0 Å². The summed E-state index contributed by atoms with van der Waals surface area (Å²) in [6.07, 6.45) is -5.55. The topological polar surface area (TPSA) is 109 Å². The molecule has 2 aromatic carbocycles. The first-order valence-corrected chi connectivity index (χ1v) is 10.6. The van der Waals surface area contributed by atoms with Gasteiger partial charge in [0.25, 0.3) is 0 Å². The van der Waals surface area contributed by atoms with Crippen LogP contribution in [0, 0.1) is 6.92 Å². The van der Waals surface area contributed by atoms with Gasteiger partial charge in [-0.2, -0.15) is 0 Å². The number of amidine groups is 1. The smallest absolute Gasteiger partial charge is 0.171 e. The van der Waals surface area contributed by atoms with E-state index < -0.39 is 37.3 Å². The van der Waals surface area contributed by atoms with E-state index in [1.54, 1.807) is 0 Å². The van der Waals surface area contributed by atoms with Gasteiger partial charge in [0.1, 0.15) is 30.6 Å². The maximum Gasteiger partial charge on any atom is 0.171 e. The molecule has 0 aliphatic carbocycles. The molecule has 8 heteroatoms. The minimum absolute atomic E-state index is 0.422. The van der Waals surface area contributed by atoms with Crippen LogP contribution in [0.2, 0.25) is 0 Å². The molecule has 0 amide bonds.